The summed E-state index contributed by atoms with van der Waals surface area (Å²) in [7, 11) is -0.177. The van der Waals surface area contributed by atoms with E-state index < -0.39 is 27.9 Å². The summed E-state index contributed by atoms with van der Waals surface area (Å²) in [5, 5.41) is 5.38. The highest BCUT2D eigenvalue weighted by molar-refractivity contribution is 7.89. The predicted octanol–water partition coefficient (Wildman–Crippen LogP) is 6.66. The number of nitrogens with zero attached hydrogens (tertiary/aromatic N) is 2. The Balaban J connectivity index is 0.000000755. The summed E-state index contributed by atoms with van der Waals surface area (Å²) < 4.78 is 26.6. The minimum atomic E-state index is -3.64. The van der Waals surface area contributed by atoms with Crippen molar-refractivity contribution in [3.05, 3.63) is 71.8 Å². The van der Waals surface area contributed by atoms with Crippen LogP contribution in [0.1, 0.15) is 90.0 Å². The topological polar surface area (TPSA) is 98.8 Å². The molecule has 0 aromatic heterocycles. The first kappa shape index (κ1) is 45.4. The van der Waals surface area contributed by atoms with Gasteiger partial charge in [-0.1, -0.05) is 106 Å². The van der Waals surface area contributed by atoms with Gasteiger partial charge in [-0.05, 0) is 69.2 Å². The molecule has 3 rings (SSSR count). The van der Waals surface area contributed by atoms with E-state index >= 15 is 0 Å². The zero-order valence-electron chi connectivity index (χ0n) is 31.9. The maximum absolute atomic E-state index is 12.7. The Kier molecular flexibility index (Phi) is 24.1. The number of terminal acetylenes is 2. The van der Waals surface area contributed by atoms with Crippen molar-refractivity contribution in [2.75, 3.05) is 46.0 Å². The van der Waals surface area contributed by atoms with Gasteiger partial charge < -0.3 is 15.5 Å². The second-order valence-electron chi connectivity index (χ2n) is 13.8. The number of hydrogen-bond acceptors (Lipinski definition) is 5. The molecule has 9 heteroatoms. The van der Waals surface area contributed by atoms with Gasteiger partial charge in [0.25, 0.3) is 0 Å². The van der Waals surface area contributed by atoms with E-state index in [-0.39, 0.29) is 18.1 Å². The molecule has 1 saturated carbocycles. The van der Waals surface area contributed by atoms with Crippen molar-refractivity contribution < 1.29 is 18.0 Å². The third-order valence-corrected chi connectivity index (χ3v) is 10.7. The zero-order valence-corrected chi connectivity index (χ0v) is 32.7. The molecule has 2 aliphatic carbocycles. The van der Waals surface area contributed by atoms with Crippen LogP contribution in [0.4, 0.5) is 0 Å². The van der Waals surface area contributed by atoms with E-state index in [0.29, 0.717) is 26.1 Å². The molecule has 2 N–H and O–H groups in total. The van der Waals surface area contributed by atoms with Crippen molar-refractivity contribution in [1.82, 2.24) is 19.8 Å². The monoisotopic (exact) mass is 720 g/mol. The van der Waals surface area contributed by atoms with Crippen molar-refractivity contribution >= 4 is 21.8 Å². The minimum Gasteiger partial charge on any atom is -0.354 e. The number of amides is 2. The number of allylic oxidation sites excluding steroid dienone is 3. The maximum Gasteiger partial charge on any atom is 0.246 e. The van der Waals surface area contributed by atoms with Crippen molar-refractivity contribution in [3.63, 3.8) is 0 Å². The molecule has 0 spiro atoms. The van der Waals surface area contributed by atoms with Gasteiger partial charge in [-0.15, -0.1) is 18.8 Å². The number of hydrogen-bond donors (Lipinski definition) is 2. The molecule has 0 radical (unpaired) electrons. The van der Waals surface area contributed by atoms with E-state index in [1.54, 1.807) is 0 Å². The van der Waals surface area contributed by atoms with Crippen molar-refractivity contribution in [1.29, 1.82) is 0 Å². The van der Waals surface area contributed by atoms with E-state index in [2.05, 4.69) is 71.6 Å². The lowest BCUT2D eigenvalue weighted by atomic mass is 9.91. The van der Waals surface area contributed by atoms with Gasteiger partial charge in [-0.3, -0.25) is 9.59 Å². The van der Waals surface area contributed by atoms with Crippen LogP contribution in [0, 0.1) is 43.4 Å². The van der Waals surface area contributed by atoms with Gasteiger partial charge in [0.1, 0.15) is 6.04 Å². The fraction of sp³-hybridized carbons (Fsp3) is 0.571. The van der Waals surface area contributed by atoms with E-state index in [1.165, 1.54) is 66.7 Å². The van der Waals surface area contributed by atoms with Crippen LogP contribution >= 0.6 is 0 Å². The van der Waals surface area contributed by atoms with Gasteiger partial charge in [-0.25, -0.2) is 12.7 Å². The summed E-state index contributed by atoms with van der Waals surface area (Å²) in [4.78, 5) is 27.2. The van der Waals surface area contributed by atoms with Crippen LogP contribution in [0.3, 0.4) is 0 Å². The number of rotatable bonds is 17. The number of nitrogens with one attached hydrogen (secondary N) is 2. The molecular formula is C42H64N4O4S. The Morgan fingerprint density at radius 2 is 1.76 bits per heavy atom. The molecule has 1 aromatic carbocycles. The molecule has 0 heterocycles. The lowest BCUT2D eigenvalue weighted by Gasteiger charge is -2.23. The first-order valence-electron chi connectivity index (χ1n) is 18.5. The van der Waals surface area contributed by atoms with E-state index in [1.807, 2.05) is 32.2 Å². The first-order chi connectivity index (χ1) is 24.4. The summed E-state index contributed by atoms with van der Waals surface area (Å²) in [6.45, 7) is 8.51. The highest BCUT2D eigenvalue weighted by Crippen LogP contribution is 2.22. The molecule has 1 aromatic rings. The lowest BCUT2D eigenvalue weighted by Crippen LogP contribution is -2.47. The third kappa shape index (κ3) is 22.7. The van der Waals surface area contributed by atoms with Gasteiger partial charge in [0.2, 0.25) is 21.8 Å². The molecule has 2 atom stereocenters. The van der Waals surface area contributed by atoms with Crippen LogP contribution in [0.25, 0.3) is 0 Å². The highest BCUT2D eigenvalue weighted by Gasteiger charge is 2.23. The number of likely N-dealkylation sites (N-methyl/N-ethyl adjacent to an activating group) is 2. The van der Waals surface area contributed by atoms with E-state index in [9.17, 15) is 18.0 Å². The average molecular weight is 721 g/mol. The van der Waals surface area contributed by atoms with Crippen LogP contribution in [-0.4, -0.2) is 81.5 Å². The molecule has 1 fully saturated rings. The van der Waals surface area contributed by atoms with E-state index in [0.717, 1.165) is 38.1 Å². The average Bonchev–Trinajstić information content (AvgIpc) is 3.12. The van der Waals surface area contributed by atoms with Crippen LogP contribution in [0.2, 0.25) is 0 Å². The summed E-state index contributed by atoms with van der Waals surface area (Å²) in [6, 6.07) is 9.27. The molecule has 2 aliphatic rings. The second kappa shape index (κ2) is 27.1. The third-order valence-electron chi connectivity index (χ3n) is 8.84. The highest BCUT2D eigenvalue weighted by atomic mass is 32.2. The summed E-state index contributed by atoms with van der Waals surface area (Å²) >= 11 is 0. The number of carbonyl (C=O) groups is 2. The lowest BCUT2D eigenvalue weighted by molar-refractivity contribution is -0.127. The molecular weight excluding hydrogens is 657 g/mol. The molecule has 0 aliphatic heterocycles. The largest absolute Gasteiger partial charge is 0.354 e. The normalized spacial score (nSPS) is 15.7. The van der Waals surface area contributed by atoms with Crippen LogP contribution in [0.15, 0.2) is 66.3 Å². The number of unbranched alkanes of at least 4 members (excludes halogenated alkanes) is 1. The molecule has 51 heavy (non-hydrogen) atoms. The number of aryl methyl sites for hydroxylation is 1. The predicted molar refractivity (Wildman–Crippen MR) is 213 cm³/mol. The summed E-state index contributed by atoms with van der Waals surface area (Å²) in [5.41, 5.74) is 2.55. The quantitative estimate of drug-likeness (QED) is 0.139. The van der Waals surface area contributed by atoms with Crippen molar-refractivity contribution in [2.45, 2.75) is 97.4 Å². The molecule has 8 nitrogen and oxygen atoms in total. The zero-order chi connectivity index (χ0) is 37.9. The standard InChI is InChI=1S/C28H42N4O4S.C7H14.C7H8/c1-6-8-11-14-24(3)22-29-28(34)26(17-9-7-2)30-27(33)18-21-37(35,36)32(5)20-19-31(4)23-25-15-12-10-13-16-25;2*1-7-5-3-2-4-6-7/h1-2,9,12,15-17,24,26H,8,10-11,13-14,18-23H2,3-5H3,(H,29,34)(H,30,33);7H,2-6H2,1H3;2-6H,1H3. The Bertz CT molecular complexity index is 1420. The number of carbonyl (C=O) groups excluding carboxylic acids is 2. The van der Waals surface area contributed by atoms with Gasteiger partial charge in [0.05, 0.1) is 5.75 Å². The minimum absolute atomic E-state index is 0.223. The van der Waals surface area contributed by atoms with E-state index in [4.69, 9.17) is 12.8 Å². The fourth-order valence-corrected chi connectivity index (χ4v) is 6.60. The maximum atomic E-state index is 12.7. The smallest absolute Gasteiger partial charge is 0.246 e. The molecule has 282 valence electrons. The molecule has 2 amide bonds. The number of sulfonamides is 1. The number of benzene rings is 1. The Labute approximate surface area is 310 Å². The van der Waals surface area contributed by atoms with Gasteiger partial charge in [0, 0.05) is 46.1 Å². The van der Waals surface area contributed by atoms with Crippen LogP contribution in [-0.2, 0) is 19.6 Å². The van der Waals surface area contributed by atoms with Gasteiger partial charge >= 0.3 is 0 Å². The molecule has 2 unspecified atom stereocenters. The van der Waals surface area contributed by atoms with Crippen molar-refractivity contribution in [3.8, 4) is 24.7 Å². The van der Waals surface area contributed by atoms with Gasteiger partial charge in [0.15, 0.2) is 0 Å². The molecule has 0 bridgehead atoms. The Morgan fingerprint density at radius 3 is 2.31 bits per heavy atom. The second-order valence-corrected chi connectivity index (χ2v) is 16.0. The first-order valence-corrected chi connectivity index (χ1v) is 20.1. The SMILES string of the molecule is C#CC=CC(NC(=O)CCS(=O)(=O)N(C)CCN(C)CC1=CCCC=C1)C(=O)NCC(C)CCCC#C.CC1CCCCC1.Cc1ccccc1. The molecule has 0 saturated heterocycles. The Hall–Kier alpha value is -3.63. The fourth-order valence-electron chi connectivity index (χ4n) is 5.48. The summed E-state index contributed by atoms with van der Waals surface area (Å²) in [6.07, 6.45) is 31.4. The Morgan fingerprint density at radius 1 is 1.06 bits per heavy atom. The summed E-state index contributed by atoms with van der Waals surface area (Å²) in [5.74, 6) is 4.84. The van der Waals surface area contributed by atoms with Gasteiger partial charge in [-0.2, -0.15) is 0 Å². The van der Waals surface area contributed by atoms with Crippen LogP contribution in [0.5, 0.6) is 0 Å². The van der Waals surface area contributed by atoms with Crippen molar-refractivity contribution in [2.24, 2.45) is 11.8 Å². The van der Waals surface area contributed by atoms with Crippen LogP contribution < -0.4 is 10.6 Å².